The Morgan fingerprint density at radius 2 is 2.18 bits per heavy atom. The minimum absolute atomic E-state index is 0.333. The molecular weight excluding hydrogens is 210 g/mol. The van der Waals surface area contributed by atoms with Gasteiger partial charge in [0.15, 0.2) is 0 Å². The molecule has 0 aromatic carbocycles. The highest BCUT2D eigenvalue weighted by molar-refractivity contribution is 5.02. The van der Waals surface area contributed by atoms with Crippen LogP contribution in [-0.4, -0.2) is 22.4 Å². The van der Waals surface area contributed by atoms with Gasteiger partial charge in [0.25, 0.3) is 0 Å². The lowest BCUT2D eigenvalue weighted by Gasteiger charge is -2.30. The summed E-state index contributed by atoms with van der Waals surface area (Å²) in [4.78, 5) is 0. The third-order valence-corrected chi connectivity index (χ3v) is 3.68. The average molecular weight is 235 g/mol. The van der Waals surface area contributed by atoms with E-state index in [1.165, 1.54) is 18.5 Å². The second-order valence-electron chi connectivity index (χ2n) is 6.43. The number of hydrogen-bond donors (Lipinski definition) is 1. The second-order valence-corrected chi connectivity index (χ2v) is 6.43. The molecule has 0 bridgehead atoms. The fourth-order valence-electron chi connectivity index (χ4n) is 2.11. The average Bonchev–Trinajstić information content (AvgIpc) is 2.95. The molecular formula is C14H25N3. The van der Waals surface area contributed by atoms with Crippen molar-refractivity contribution in [2.24, 2.45) is 18.4 Å². The van der Waals surface area contributed by atoms with E-state index >= 15 is 0 Å². The Morgan fingerprint density at radius 3 is 2.65 bits per heavy atom. The quantitative estimate of drug-likeness (QED) is 0.849. The fraction of sp³-hybridized carbons (Fsp3) is 0.786. The summed E-state index contributed by atoms with van der Waals surface area (Å²) in [5, 5.41) is 8.15. The maximum absolute atomic E-state index is 4.50. The Kier molecular flexibility index (Phi) is 3.57. The van der Waals surface area contributed by atoms with Crippen LogP contribution in [0.4, 0.5) is 0 Å². The Morgan fingerprint density at radius 1 is 1.47 bits per heavy atom. The van der Waals surface area contributed by atoms with Crippen molar-refractivity contribution < 1.29 is 0 Å². The number of aryl methyl sites for hydroxylation is 1. The van der Waals surface area contributed by atoms with E-state index < -0.39 is 0 Å². The van der Waals surface area contributed by atoms with Crippen LogP contribution in [0.1, 0.15) is 39.3 Å². The molecule has 1 aromatic rings. The summed E-state index contributed by atoms with van der Waals surface area (Å²) in [5.41, 5.74) is 1.55. The molecule has 0 amide bonds. The summed E-state index contributed by atoms with van der Waals surface area (Å²) in [6.07, 6.45) is 5.83. The molecule has 0 aliphatic heterocycles. The van der Waals surface area contributed by atoms with Crippen LogP contribution in [0.5, 0.6) is 0 Å². The molecule has 1 atom stereocenters. The molecule has 2 rings (SSSR count). The monoisotopic (exact) mass is 235 g/mol. The predicted octanol–water partition coefficient (Wildman–Crippen LogP) is 2.38. The van der Waals surface area contributed by atoms with Crippen molar-refractivity contribution in [1.29, 1.82) is 0 Å². The minimum atomic E-state index is 0.333. The number of rotatable bonds is 5. The molecule has 1 aliphatic rings. The van der Waals surface area contributed by atoms with Gasteiger partial charge in [0.2, 0.25) is 0 Å². The van der Waals surface area contributed by atoms with Crippen LogP contribution in [0.25, 0.3) is 0 Å². The maximum Gasteiger partial charge on any atom is 0.0627 e. The van der Waals surface area contributed by atoms with Crippen LogP contribution in [0.2, 0.25) is 0 Å². The molecule has 3 nitrogen and oxygen atoms in total. The first kappa shape index (κ1) is 12.6. The Labute approximate surface area is 105 Å². The van der Waals surface area contributed by atoms with Crippen molar-refractivity contribution >= 4 is 0 Å². The third kappa shape index (κ3) is 3.84. The fourth-order valence-corrected chi connectivity index (χ4v) is 2.11. The van der Waals surface area contributed by atoms with E-state index in [4.69, 9.17) is 0 Å². The molecule has 1 saturated carbocycles. The first-order valence-electron chi connectivity index (χ1n) is 6.67. The smallest absolute Gasteiger partial charge is 0.0627 e. The van der Waals surface area contributed by atoms with Crippen LogP contribution in [0.3, 0.4) is 0 Å². The van der Waals surface area contributed by atoms with Crippen LogP contribution in [0, 0.1) is 11.3 Å². The van der Waals surface area contributed by atoms with Gasteiger partial charge in [-0.1, -0.05) is 20.8 Å². The minimum Gasteiger partial charge on any atom is -0.314 e. The highest BCUT2D eigenvalue weighted by atomic mass is 15.2. The predicted molar refractivity (Wildman–Crippen MR) is 70.9 cm³/mol. The zero-order valence-corrected chi connectivity index (χ0v) is 11.5. The zero-order valence-electron chi connectivity index (χ0n) is 11.5. The molecule has 1 aromatic heterocycles. The molecule has 96 valence electrons. The summed E-state index contributed by atoms with van der Waals surface area (Å²) < 4.78 is 1.89. The zero-order chi connectivity index (χ0) is 12.5. The van der Waals surface area contributed by atoms with E-state index in [0.717, 1.165) is 19.0 Å². The van der Waals surface area contributed by atoms with Gasteiger partial charge in [-0.3, -0.25) is 4.68 Å². The maximum atomic E-state index is 4.50. The van der Waals surface area contributed by atoms with Gasteiger partial charge in [0.1, 0.15) is 0 Å². The van der Waals surface area contributed by atoms with Crippen LogP contribution < -0.4 is 5.32 Å². The lowest BCUT2D eigenvalue weighted by atomic mass is 9.78. The van der Waals surface area contributed by atoms with Gasteiger partial charge < -0.3 is 5.32 Å². The van der Waals surface area contributed by atoms with E-state index in [1.807, 2.05) is 17.9 Å². The molecule has 1 fully saturated rings. The van der Waals surface area contributed by atoms with Gasteiger partial charge in [-0.05, 0) is 43.2 Å². The van der Waals surface area contributed by atoms with E-state index in [0.29, 0.717) is 11.3 Å². The number of nitrogens with zero attached hydrogens (tertiary/aromatic N) is 2. The molecule has 0 spiro atoms. The molecule has 17 heavy (non-hydrogen) atoms. The Bertz CT molecular complexity index is 358. The highest BCUT2D eigenvalue weighted by Gasteiger charge is 2.28. The molecule has 3 heteroatoms. The van der Waals surface area contributed by atoms with Gasteiger partial charge in [0, 0.05) is 19.3 Å². The lowest BCUT2D eigenvalue weighted by Crippen LogP contribution is -2.34. The van der Waals surface area contributed by atoms with Crippen LogP contribution in [0.15, 0.2) is 12.3 Å². The van der Waals surface area contributed by atoms with Crippen molar-refractivity contribution in [2.75, 3.05) is 6.54 Å². The largest absolute Gasteiger partial charge is 0.314 e. The van der Waals surface area contributed by atoms with Crippen molar-refractivity contribution in [2.45, 2.75) is 46.1 Å². The second kappa shape index (κ2) is 4.81. The first-order chi connectivity index (χ1) is 7.95. The summed E-state index contributed by atoms with van der Waals surface area (Å²) in [6.45, 7) is 8.10. The van der Waals surface area contributed by atoms with E-state index in [9.17, 15) is 0 Å². The molecule has 1 unspecified atom stereocenters. The number of hydrogen-bond acceptors (Lipinski definition) is 2. The van der Waals surface area contributed by atoms with Crippen molar-refractivity contribution in [3.8, 4) is 0 Å². The van der Waals surface area contributed by atoms with Gasteiger partial charge in [-0.25, -0.2) is 0 Å². The lowest BCUT2D eigenvalue weighted by molar-refractivity contribution is 0.228. The number of aromatic nitrogens is 2. The van der Waals surface area contributed by atoms with E-state index in [1.54, 1.807) is 0 Å². The third-order valence-electron chi connectivity index (χ3n) is 3.68. The van der Waals surface area contributed by atoms with Crippen molar-refractivity contribution in [3.05, 3.63) is 18.0 Å². The van der Waals surface area contributed by atoms with Crippen LogP contribution >= 0.6 is 0 Å². The molecule has 1 N–H and O–H groups in total. The topological polar surface area (TPSA) is 29.9 Å². The Balaban J connectivity index is 1.94. The SMILES string of the molecule is Cn1ccc(CC(CNC2CC2)C(C)(C)C)n1. The van der Waals surface area contributed by atoms with Crippen LogP contribution in [-0.2, 0) is 13.5 Å². The molecule has 1 aliphatic carbocycles. The first-order valence-corrected chi connectivity index (χ1v) is 6.67. The van der Waals surface area contributed by atoms with Crippen molar-refractivity contribution in [3.63, 3.8) is 0 Å². The molecule has 0 radical (unpaired) electrons. The van der Waals surface area contributed by atoms with Crippen molar-refractivity contribution in [1.82, 2.24) is 15.1 Å². The van der Waals surface area contributed by atoms with E-state index in [-0.39, 0.29) is 0 Å². The number of nitrogens with one attached hydrogen (secondary N) is 1. The summed E-state index contributed by atoms with van der Waals surface area (Å²) in [7, 11) is 1.98. The molecule has 1 heterocycles. The summed E-state index contributed by atoms with van der Waals surface area (Å²) in [5.74, 6) is 0.651. The highest BCUT2D eigenvalue weighted by Crippen LogP contribution is 2.29. The van der Waals surface area contributed by atoms with E-state index in [2.05, 4.69) is 37.3 Å². The van der Waals surface area contributed by atoms with Gasteiger partial charge in [-0.2, -0.15) is 5.10 Å². The van der Waals surface area contributed by atoms with Gasteiger partial charge in [-0.15, -0.1) is 0 Å². The summed E-state index contributed by atoms with van der Waals surface area (Å²) in [6, 6.07) is 2.93. The van der Waals surface area contributed by atoms with Gasteiger partial charge >= 0.3 is 0 Å². The molecule has 0 saturated heterocycles. The normalized spacial score (nSPS) is 18.4. The Hall–Kier alpha value is -0.830. The standard InChI is InChI=1S/C14H25N3/c1-14(2,3)11(10-15-12-5-6-12)9-13-7-8-17(4)16-13/h7-8,11-12,15H,5-6,9-10H2,1-4H3. The van der Waals surface area contributed by atoms with Gasteiger partial charge in [0.05, 0.1) is 5.69 Å². The summed E-state index contributed by atoms with van der Waals surface area (Å²) >= 11 is 0.